The summed E-state index contributed by atoms with van der Waals surface area (Å²) in [4.78, 5) is 13.6. The van der Waals surface area contributed by atoms with E-state index in [4.69, 9.17) is 16.3 Å². The molecule has 1 aromatic carbocycles. The van der Waals surface area contributed by atoms with Gasteiger partial charge >= 0.3 is 0 Å². The van der Waals surface area contributed by atoms with E-state index in [-0.39, 0.29) is 15.3 Å². The van der Waals surface area contributed by atoms with Crippen molar-refractivity contribution in [3.05, 3.63) is 40.9 Å². The third-order valence-corrected chi connectivity index (χ3v) is 10.6. The Hall–Kier alpha value is -2.60. The largest absolute Gasteiger partial charge is 0.489 e. The van der Waals surface area contributed by atoms with Gasteiger partial charge in [-0.2, -0.15) is 4.98 Å². The molecule has 3 heterocycles. The molecule has 1 fully saturated rings. The van der Waals surface area contributed by atoms with Gasteiger partial charge in [0.25, 0.3) is 0 Å². The minimum Gasteiger partial charge on any atom is -0.489 e. The van der Waals surface area contributed by atoms with Crippen molar-refractivity contribution in [2.24, 2.45) is 0 Å². The van der Waals surface area contributed by atoms with E-state index in [1.54, 1.807) is 25.3 Å². The summed E-state index contributed by atoms with van der Waals surface area (Å²) < 4.78 is 32.0. The van der Waals surface area contributed by atoms with Crippen LogP contribution in [0, 0.1) is 0 Å². The van der Waals surface area contributed by atoms with Crippen molar-refractivity contribution in [3.63, 3.8) is 0 Å². The number of sulfone groups is 1. The number of halogens is 1. The van der Waals surface area contributed by atoms with Gasteiger partial charge in [-0.3, -0.25) is 0 Å². The van der Waals surface area contributed by atoms with Gasteiger partial charge in [0.05, 0.1) is 28.9 Å². The number of aromatic nitrogens is 2. The summed E-state index contributed by atoms with van der Waals surface area (Å²) in [6, 6.07) is 8.42. The Bertz CT molecular complexity index is 1390. The number of nitrogens with zero attached hydrogens (tertiary/aromatic N) is 4. The summed E-state index contributed by atoms with van der Waals surface area (Å²) in [5.41, 5.74) is 2.28. The van der Waals surface area contributed by atoms with E-state index in [0.717, 1.165) is 48.6 Å². The van der Waals surface area contributed by atoms with E-state index in [0.29, 0.717) is 29.2 Å². The van der Waals surface area contributed by atoms with Gasteiger partial charge in [-0.1, -0.05) is 11.6 Å². The van der Waals surface area contributed by atoms with E-state index in [2.05, 4.69) is 56.6 Å². The molecule has 9 nitrogen and oxygen atoms in total. The molecule has 0 saturated carbocycles. The fourth-order valence-electron chi connectivity index (χ4n) is 4.39. The lowest BCUT2D eigenvalue weighted by atomic mass is 10.0. The second kappa shape index (κ2) is 12.3. The Kier molecular flexibility index (Phi) is 9.25. The predicted molar refractivity (Wildman–Crippen MR) is 161 cm³/mol. The smallest absolute Gasteiger partial charge is 0.229 e. The predicted octanol–water partition coefficient (Wildman–Crippen LogP) is 6.18. The number of rotatable bonds is 10. The van der Waals surface area contributed by atoms with Crippen LogP contribution in [0.3, 0.4) is 0 Å². The topological polar surface area (TPSA) is 99.7 Å². The highest BCUT2D eigenvalue weighted by Crippen LogP contribution is 2.36. The van der Waals surface area contributed by atoms with Crippen LogP contribution in [0.15, 0.2) is 40.1 Å². The van der Waals surface area contributed by atoms with Crippen molar-refractivity contribution in [1.29, 1.82) is 0 Å². The number of thiophene rings is 1. The SMILES string of the molecule is CC(C)Oc1cc(N2CCC(N(C)C)CC2)ccc1Nc1ncc(Cl)c(Nc2ccsc2S(=O)(=O)C(C)C)n1. The molecule has 0 aliphatic carbocycles. The van der Waals surface area contributed by atoms with Gasteiger partial charge in [0.2, 0.25) is 5.95 Å². The summed E-state index contributed by atoms with van der Waals surface area (Å²) in [5.74, 6) is 1.31. The van der Waals surface area contributed by atoms with E-state index in [1.165, 1.54) is 6.20 Å². The molecule has 0 spiro atoms. The van der Waals surface area contributed by atoms with Crippen LogP contribution in [0.5, 0.6) is 5.75 Å². The van der Waals surface area contributed by atoms with Gasteiger partial charge in [0, 0.05) is 30.9 Å². The Morgan fingerprint density at radius 2 is 1.82 bits per heavy atom. The second-order valence-corrected chi connectivity index (χ2v) is 14.4. The number of hydrogen-bond donors (Lipinski definition) is 2. The van der Waals surface area contributed by atoms with Crippen LogP contribution in [-0.2, 0) is 9.84 Å². The minimum atomic E-state index is -3.46. The maximum Gasteiger partial charge on any atom is 0.229 e. The van der Waals surface area contributed by atoms with Crippen molar-refractivity contribution >= 4 is 61.6 Å². The molecule has 1 saturated heterocycles. The van der Waals surface area contributed by atoms with Crippen molar-refractivity contribution in [3.8, 4) is 5.75 Å². The monoisotopic (exact) mass is 592 g/mol. The number of nitrogens with one attached hydrogen (secondary N) is 2. The molecular formula is C27H37ClN6O3S2. The van der Waals surface area contributed by atoms with Crippen molar-refractivity contribution in [1.82, 2.24) is 14.9 Å². The Morgan fingerprint density at radius 3 is 2.46 bits per heavy atom. The van der Waals surface area contributed by atoms with Crippen LogP contribution in [-0.4, -0.2) is 67.9 Å². The molecular weight excluding hydrogens is 556 g/mol. The van der Waals surface area contributed by atoms with E-state index in [1.807, 2.05) is 19.9 Å². The van der Waals surface area contributed by atoms with E-state index >= 15 is 0 Å². The number of piperidine rings is 1. The lowest BCUT2D eigenvalue weighted by Crippen LogP contribution is -2.42. The minimum absolute atomic E-state index is 0.0245. The fraction of sp³-hybridized carbons (Fsp3) is 0.481. The third kappa shape index (κ3) is 6.95. The first kappa shape index (κ1) is 29.4. The Morgan fingerprint density at radius 1 is 1.10 bits per heavy atom. The lowest BCUT2D eigenvalue weighted by Gasteiger charge is -2.36. The summed E-state index contributed by atoms with van der Waals surface area (Å²) in [5, 5.41) is 7.79. The number of ether oxygens (including phenoxy) is 1. The first-order chi connectivity index (χ1) is 18.5. The van der Waals surface area contributed by atoms with Crippen LogP contribution in [0.25, 0.3) is 0 Å². The molecule has 1 aliphatic rings. The number of hydrogen-bond acceptors (Lipinski definition) is 10. The molecule has 0 bridgehead atoms. The molecule has 39 heavy (non-hydrogen) atoms. The number of anilines is 5. The average Bonchev–Trinajstić information content (AvgIpc) is 3.36. The zero-order chi connectivity index (χ0) is 28.3. The molecule has 12 heteroatoms. The van der Waals surface area contributed by atoms with Crippen LogP contribution in [0.1, 0.15) is 40.5 Å². The fourth-order valence-corrected chi connectivity index (χ4v) is 7.23. The van der Waals surface area contributed by atoms with Gasteiger partial charge in [0.1, 0.15) is 15.0 Å². The van der Waals surface area contributed by atoms with Crippen LogP contribution in [0.2, 0.25) is 5.02 Å². The molecule has 3 aromatic rings. The van der Waals surface area contributed by atoms with Gasteiger partial charge in [-0.15, -0.1) is 11.3 Å². The maximum absolute atomic E-state index is 12.8. The highest BCUT2D eigenvalue weighted by atomic mass is 35.5. The van der Waals surface area contributed by atoms with Gasteiger partial charge < -0.3 is 25.2 Å². The summed E-state index contributed by atoms with van der Waals surface area (Å²) >= 11 is 7.55. The van der Waals surface area contributed by atoms with Gasteiger partial charge in [-0.25, -0.2) is 13.4 Å². The van der Waals surface area contributed by atoms with Crippen LogP contribution >= 0.6 is 22.9 Å². The normalized spacial score (nSPS) is 14.9. The molecule has 0 radical (unpaired) electrons. The van der Waals surface area contributed by atoms with Crippen molar-refractivity contribution in [2.45, 2.75) is 62.1 Å². The highest BCUT2D eigenvalue weighted by Gasteiger charge is 2.25. The van der Waals surface area contributed by atoms with Crippen molar-refractivity contribution < 1.29 is 13.2 Å². The maximum atomic E-state index is 12.8. The molecule has 2 N–H and O–H groups in total. The molecule has 2 aromatic heterocycles. The van der Waals surface area contributed by atoms with E-state index in [9.17, 15) is 8.42 Å². The second-order valence-electron chi connectivity index (χ2n) is 10.4. The molecule has 0 unspecified atom stereocenters. The van der Waals surface area contributed by atoms with Crippen LogP contribution < -0.4 is 20.3 Å². The Balaban J connectivity index is 1.57. The van der Waals surface area contributed by atoms with Crippen LogP contribution in [0.4, 0.5) is 28.8 Å². The van der Waals surface area contributed by atoms with Gasteiger partial charge in [-0.05, 0) is 78.2 Å². The summed E-state index contributed by atoms with van der Waals surface area (Å²) in [6.07, 6.45) is 3.69. The average molecular weight is 593 g/mol. The molecule has 0 amide bonds. The zero-order valence-corrected chi connectivity index (χ0v) is 25.6. The summed E-state index contributed by atoms with van der Waals surface area (Å²) in [6.45, 7) is 9.28. The summed E-state index contributed by atoms with van der Waals surface area (Å²) in [7, 11) is 0.819. The zero-order valence-electron chi connectivity index (χ0n) is 23.2. The van der Waals surface area contributed by atoms with Crippen molar-refractivity contribution in [2.75, 3.05) is 42.7 Å². The first-order valence-electron chi connectivity index (χ1n) is 13.1. The molecule has 4 rings (SSSR count). The molecule has 1 aliphatic heterocycles. The number of benzene rings is 1. The molecule has 0 atom stereocenters. The van der Waals surface area contributed by atoms with E-state index < -0.39 is 15.1 Å². The quantitative estimate of drug-likeness (QED) is 0.286. The van der Waals surface area contributed by atoms with Gasteiger partial charge in [0.15, 0.2) is 15.7 Å². The molecule has 212 valence electrons. The standard InChI is InChI=1S/C27H37ClN6O3S2/c1-17(2)37-24-15-20(34-12-9-19(10-13-34)33(5)6)7-8-22(24)31-27-29-16-21(28)25(32-27)30-23-11-14-38-26(23)39(35,36)18(3)4/h7-8,11,14-19H,9-10,12-13H2,1-6H3,(H2,29,30,31,32). The first-order valence-corrected chi connectivity index (χ1v) is 15.9. The Labute approximate surface area is 240 Å². The highest BCUT2D eigenvalue weighted by molar-refractivity contribution is 7.94. The lowest BCUT2D eigenvalue weighted by molar-refractivity contribution is 0.243. The third-order valence-electron chi connectivity index (χ3n) is 6.64.